The summed E-state index contributed by atoms with van der Waals surface area (Å²) in [5.41, 5.74) is 2.41. The predicted molar refractivity (Wildman–Crippen MR) is 169 cm³/mol. The van der Waals surface area contributed by atoms with Crippen molar-refractivity contribution in [2.45, 2.75) is 63.6 Å². The van der Waals surface area contributed by atoms with Gasteiger partial charge in [0.15, 0.2) is 0 Å². The van der Waals surface area contributed by atoms with Crippen LogP contribution in [-0.4, -0.2) is 71.3 Å². The number of hydrogen-bond donors (Lipinski definition) is 1. The number of nitrogens with zero attached hydrogens (tertiary/aromatic N) is 4. The van der Waals surface area contributed by atoms with Gasteiger partial charge in [0, 0.05) is 57.5 Å². The van der Waals surface area contributed by atoms with E-state index in [0.29, 0.717) is 44.4 Å². The summed E-state index contributed by atoms with van der Waals surface area (Å²) in [5.74, 6) is 0.0162. The van der Waals surface area contributed by atoms with Crippen LogP contribution in [0.5, 0.6) is 0 Å². The van der Waals surface area contributed by atoms with Crippen LogP contribution in [0.1, 0.15) is 56.6 Å². The number of piperidine rings is 2. The Hall–Kier alpha value is -3.56. The van der Waals surface area contributed by atoms with E-state index in [9.17, 15) is 14.0 Å². The van der Waals surface area contributed by atoms with Gasteiger partial charge in [-0.25, -0.2) is 14.2 Å². The van der Waals surface area contributed by atoms with Crippen LogP contribution in [0.25, 0.3) is 11.3 Å². The fourth-order valence-corrected chi connectivity index (χ4v) is 7.82. The van der Waals surface area contributed by atoms with Gasteiger partial charge in [-0.2, -0.15) is 0 Å². The Morgan fingerprint density at radius 2 is 1.89 bits per heavy atom. The highest BCUT2D eigenvalue weighted by Crippen LogP contribution is 2.49. The molecule has 234 valence electrons. The predicted octanol–water partition coefficient (Wildman–Crippen LogP) is 5.49. The van der Waals surface area contributed by atoms with Gasteiger partial charge in [0.1, 0.15) is 5.82 Å². The second-order valence-corrected chi connectivity index (χ2v) is 12.8. The van der Waals surface area contributed by atoms with Crippen molar-refractivity contribution in [2.24, 2.45) is 11.3 Å². The molecule has 0 unspecified atom stereocenters. The fraction of sp³-hybridized carbons (Fsp3) is 0.514. The van der Waals surface area contributed by atoms with Crippen molar-refractivity contribution in [3.63, 3.8) is 0 Å². The molecule has 3 fully saturated rings. The molecule has 1 N–H and O–H groups in total. The highest BCUT2D eigenvalue weighted by atomic mass is 19.1. The number of urea groups is 1. The number of rotatable bonds is 8. The molecule has 2 saturated heterocycles. The molecular formula is C35H44FN5O3. The van der Waals surface area contributed by atoms with Crippen LogP contribution in [0.4, 0.5) is 9.18 Å². The van der Waals surface area contributed by atoms with Crippen LogP contribution in [0.2, 0.25) is 0 Å². The number of nitrogens with one attached hydrogen (secondary N) is 1. The molecule has 2 aromatic carbocycles. The molecule has 0 radical (unpaired) electrons. The molecule has 2 amide bonds. The maximum Gasteiger partial charge on any atom is 0.320 e. The smallest absolute Gasteiger partial charge is 0.320 e. The number of methoxy groups -OCH3 is 1. The summed E-state index contributed by atoms with van der Waals surface area (Å²) in [7, 11) is 1.69. The van der Waals surface area contributed by atoms with Crippen molar-refractivity contribution in [3.8, 4) is 11.3 Å². The van der Waals surface area contributed by atoms with Crippen molar-refractivity contribution < 1.29 is 13.9 Å². The third kappa shape index (κ3) is 6.59. The maximum atomic E-state index is 14.3. The summed E-state index contributed by atoms with van der Waals surface area (Å²) in [6, 6.07) is 18.2. The van der Waals surface area contributed by atoms with E-state index in [1.165, 1.54) is 6.07 Å². The molecule has 6 rings (SSSR count). The minimum atomic E-state index is -0.281. The SMILES string of the molecule is COCCN[C@@H]1CCN(C(=O)N2CC[C@@H](Cn3cnc(-c4ccccc4)cc3=O)C3(CCCC3)C2)[C@H](c2cccc(F)c2)C1. The molecule has 9 heteroatoms. The summed E-state index contributed by atoms with van der Waals surface area (Å²) in [5, 5.41) is 3.56. The number of benzene rings is 2. The van der Waals surface area contributed by atoms with Gasteiger partial charge in [-0.3, -0.25) is 9.36 Å². The van der Waals surface area contributed by atoms with E-state index >= 15 is 0 Å². The summed E-state index contributed by atoms with van der Waals surface area (Å²) < 4.78 is 21.3. The first-order chi connectivity index (χ1) is 21.5. The van der Waals surface area contributed by atoms with Gasteiger partial charge >= 0.3 is 6.03 Å². The van der Waals surface area contributed by atoms with Crippen LogP contribution in [0, 0.1) is 17.2 Å². The number of carbonyl (C=O) groups excluding carboxylic acids is 1. The molecule has 2 aliphatic heterocycles. The summed E-state index contributed by atoms with van der Waals surface area (Å²) in [4.78, 5) is 36.1. The topological polar surface area (TPSA) is 79.7 Å². The van der Waals surface area contributed by atoms with Crippen molar-refractivity contribution in [1.29, 1.82) is 0 Å². The van der Waals surface area contributed by atoms with Crippen LogP contribution in [-0.2, 0) is 11.3 Å². The van der Waals surface area contributed by atoms with Crippen LogP contribution < -0.4 is 10.9 Å². The largest absolute Gasteiger partial charge is 0.383 e. The van der Waals surface area contributed by atoms with Gasteiger partial charge < -0.3 is 19.9 Å². The van der Waals surface area contributed by atoms with Gasteiger partial charge in [0.25, 0.3) is 5.56 Å². The lowest BCUT2D eigenvalue weighted by Gasteiger charge is -2.49. The van der Waals surface area contributed by atoms with Gasteiger partial charge in [0.05, 0.1) is 24.7 Å². The van der Waals surface area contributed by atoms with E-state index < -0.39 is 0 Å². The average Bonchev–Trinajstić information content (AvgIpc) is 3.51. The Kier molecular flexibility index (Phi) is 9.42. The molecule has 3 atom stereocenters. The molecule has 3 aromatic rings. The average molecular weight is 602 g/mol. The summed E-state index contributed by atoms with van der Waals surface area (Å²) in [6.45, 7) is 3.95. The number of hydrogen-bond acceptors (Lipinski definition) is 5. The van der Waals surface area contributed by atoms with E-state index in [4.69, 9.17) is 4.74 Å². The zero-order valence-corrected chi connectivity index (χ0v) is 25.7. The number of aromatic nitrogens is 2. The number of halogens is 1. The highest BCUT2D eigenvalue weighted by Gasteiger charge is 2.47. The summed E-state index contributed by atoms with van der Waals surface area (Å²) >= 11 is 0. The van der Waals surface area contributed by atoms with Gasteiger partial charge in [-0.15, -0.1) is 0 Å². The molecule has 8 nitrogen and oxygen atoms in total. The molecule has 3 heterocycles. The van der Waals surface area contributed by atoms with E-state index in [1.54, 1.807) is 36.2 Å². The Labute approximate surface area is 259 Å². The minimum Gasteiger partial charge on any atom is -0.383 e. The van der Waals surface area contributed by atoms with Gasteiger partial charge in [-0.05, 0) is 61.1 Å². The third-order valence-corrected chi connectivity index (χ3v) is 10.2. The molecule has 3 aliphatic rings. The molecule has 44 heavy (non-hydrogen) atoms. The molecule has 1 aliphatic carbocycles. The van der Waals surface area contributed by atoms with E-state index in [0.717, 1.165) is 62.6 Å². The monoisotopic (exact) mass is 601 g/mol. The van der Waals surface area contributed by atoms with Crippen molar-refractivity contribution in [1.82, 2.24) is 24.7 Å². The lowest BCUT2D eigenvalue weighted by atomic mass is 9.69. The number of ether oxygens (including phenoxy) is 1. The Balaban J connectivity index is 1.18. The summed E-state index contributed by atoms with van der Waals surface area (Å²) in [6.07, 6.45) is 8.52. The fourth-order valence-electron chi connectivity index (χ4n) is 7.82. The zero-order chi connectivity index (χ0) is 30.5. The van der Waals surface area contributed by atoms with Crippen molar-refractivity contribution in [2.75, 3.05) is 39.9 Å². The van der Waals surface area contributed by atoms with Crippen LogP contribution in [0.3, 0.4) is 0 Å². The molecular weight excluding hydrogens is 557 g/mol. The quantitative estimate of drug-likeness (QED) is 0.346. The minimum absolute atomic E-state index is 0.0141. The number of carbonyl (C=O) groups is 1. The first-order valence-corrected chi connectivity index (χ1v) is 16.1. The van der Waals surface area contributed by atoms with E-state index in [2.05, 4.69) is 10.3 Å². The third-order valence-electron chi connectivity index (χ3n) is 10.2. The van der Waals surface area contributed by atoms with Gasteiger partial charge in [0.2, 0.25) is 0 Å². The lowest BCUT2D eigenvalue weighted by molar-refractivity contribution is 0.0205. The number of amides is 2. The molecule has 1 spiro atoms. The van der Waals surface area contributed by atoms with Crippen LogP contribution in [0.15, 0.2) is 71.8 Å². The Bertz CT molecular complexity index is 1470. The normalized spacial score (nSPS) is 23.3. The number of likely N-dealkylation sites (tertiary alicyclic amines) is 2. The maximum absolute atomic E-state index is 14.3. The molecule has 0 bridgehead atoms. The standard InChI is InChI=1S/C35H44FN5O3/c1-44-19-16-37-30-13-18-41(32(21-30)27-10-7-11-29(36)20-27)34(43)39-17-12-28(35(24-39)14-5-6-15-35)23-40-25-38-31(22-33(40)42)26-8-3-2-4-9-26/h2-4,7-11,20,22,25,28,30,32,37H,5-6,12-19,21,23-24H2,1H3/t28-,30+,32-/m0/s1. The first kappa shape index (κ1) is 30.5. The second kappa shape index (κ2) is 13.6. The van der Waals surface area contributed by atoms with E-state index in [1.807, 2.05) is 46.2 Å². The Morgan fingerprint density at radius 1 is 1.07 bits per heavy atom. The highest BCUT2D eigenvalue weighted by molar-refractivity contribution is 5.75. The first-order valence-electron chi connectivity index (χ1n) is 16.1. The lowest BCUT2D eigenvalue weighted by Crippen LogP contribution is -2.57. The molecule has 1 aromatic heterocycles. The van der Waals surface area contributed by atoms with Crippen LogP contribution >= 0.6 is 0 Å². The van der Waals surface area contributed by atoms with Crippen molar-refractivity contribution >= 4 is 6.03 Å². The van der Waals surface area contributed by atoms with Gasteiger partial charge in [-0.1, -0.05) is 55.3 Å². The Morgan fingerprint density at radius 3 is 2.64 bits per heavy atom. The van der Waals surface area contributed by atoms with Crippen molar-refractivity contribution in [3.05, 3.63) is 88.7 Å². The van der Waals surface area contributed by atoms with E-state index in [-0.39, 0.29) is 34.9 Å². The molecule has 1 saturated carbocycles. The zero-order valence-electron chi connectivity index (χ0n) is 25.7. The second-order valence-electron chi connectivity index (χ2n) is 12.8.